The van der Waals surface area contributed by atoms with Crippen LogP contribution in [0.15, 0.2) is 34.7 Å². The third-order valence-corrected chi connectivity index (χ3v) is 4.91. The van der Waals surface area contributed by atoms with Crippen molar-refractivity contribution in [3.05, 3.63) is 53.6 Å². The molecule has 1 aliphatic rings. The largest absolute Gasteiger partial charge is 0.425 e. The molecule has 0 saturated carbocycles. The Morgan fingerprint density at radius 1 is 1.19 bits per heavy atom. The summed E-state index contributed by atoms with van der Waals surface area (Å²) in [5.41, 5.74) is 1.98. The number of carbonyl (C=O) groups is 1. The molecular weight excluding hydrogens is 349 g/mol. The van der Waals surface area contributed by atoms with E-state index in [9.17, 15) is 9.18 Å². The first-order chi connectivity index (χ1) is 13.0. The molecule has 0 atom stereocenters. The second-order valence-electron chi connectivity index (χ2n) is 6.77. The molecule has 3 aromatic rings. The zero-order valence-electron chi connectivity index (χ0n) is 15.2. The number of carbonyl (C=O) groups excluding carboxylic acids is 1. The van der Waals surface area contributed by atoms with Crippen molar-refractivity contribution in [2.24, 2.45) is 7.05 Å². The SMILES string of the molecule is Cc1nnc(C2CCN(C(=O)c3cc(-c4ccc(F)cc4)n(C)n3)CC2)o1. The molecule has 0 unspecified atom stereocenters. The molecule has 8 heteroatoms. The molecule has 7 nitrogen and oxygen atoms in total. The molecule has 0 radical (unpaired) electrons. The van der Waals surface area contributed by atoms with Crippen LogP contribution < -0.4 is 0 Å². The van der Waals surface area contributed by atoms with Gasteiger partial charge in [-0.3, -0.25) is 9.48 Å². The van der Waals surface area contributed by atoms with E-state index >= 15 is 0 Å². The number of hydrogen-bond donors (Lipinski definition) is 0. The van der Waals surface area contributed by atoms with Gasteiger partial charge in [0, 0.05) is 33.0 Å². The lowest BCUT2D eigenvalue weighted by atomic mass is 9.96. The number of aromatic nitrogens is 4. The van der Waals surface area contributed by atoms with Crippen LogP contribution in [0.3, 0.4) is 0 Å². The van der Waals surface area contributed by atoms with Crippen molar-refractivity contribution in [2.75, 3.05) is 13.1 Å². The van der Waals surface area contributed by atoms with E-state index in [0.29, 0.717) is 30.6 Å². The Morgan fingerprint density at radius 2 is 1.89 bits per heavy atom. The first-order valence-corrected chi connectivity index (χ1v) is 8.90. The molecular formula is C19H20FN5O2. The summed E-state index contributed by atoms with van der Waals surface area (Å²) in [6.45, 7) is 3.01. The molecule has 0 N–H and O–H groups in total. The summed E-state index contributed by atoms with van der Waals surface area (Å²) in [6.07, 6.45) is 1.57. The number of aryl methyl sites for hydroxylation is 2. The zero-order chi connectivity index (χ0) is 19.0. The van der Waals surface area contributed by atoms with Gasteiger partial charge in [-0.25, -0.2) is 4.39 Å². The number of benzene rings is 1. The lowest BCUT2D eigenvalue weighted by molar-refractivity contribution is 0.0699. The van der Waals surface area contributed by atoms with E-state index in [0.717, 1.165) is 24.1 Å². The van der Waals surface area contributed by atoms with Gasteiger partial charge in [-0.2, -0.15) is 5.10 Å². The lowest BCUT2D eigenvalue weighted by Crippen LogP contribution is -2.38. The third-order valence-electron chi connectivity index (χ3n) is 4.91. The Bertz CT molecular complexity index is 955. The fraction of sp³-hybridized carbons (Fsp3) is 0.368. The third kappa shape index (κ3) is 3.47. The normalized spacial score (nSPS) is 15.3. The van der Waals surface area contributed by atoms with Crippen LogP contribution in [-0.4, -0.2) is 43.9 Å². The Hall–Kier alpha value is -3.03. The van der Waals surface area contributed by atoms with Gasteiger partial charge < -0.3 is 9.32 Å². The number of halogens is 1. The Labute approximate surface area is 155 Å². The van der Waals surface area contributed by atoms with Gasteiger partial charge in [0.2, 0.25) is 11.8 Å². The van der Waals surface area contributed by atoms with Crippen LogP contribution in [0.4, 0.5) is 4.39 Å². The zero-order valence-corrected chi connectivity index (χ0v) is 15.2. The minimum atomic E-state index is -0.295. The van der Waals surface area contributed by atoms with Crippen molar-refractivity contribution < 1.29 is 13.6 Å². The number of nitrogens with zero attached hydrogens (tertiary/aromatic N) is 5. The first-order valence-electron chi connectivity index (χ1n) is 8.90. The van der Waals surface area contributed by atoms with E-state index < -0.39 is 0 Å². The fourth-order valence-corrected chi connectivity index (χ4v) is 3.43. The standard InChI is InChI=1S/C19H20FN5O2/c1-12-21-22-18(27-12)14-7-9-25(10-8-14)19(26)16-11-17(24(2)23-16)13-3-5-15(20)6-4-13/h3-6,11,14H,7-10H2,1-2H3. The van der Waals surface area contributed by atoms with Crippen molar-refractivity contribution in [1.82, 2.24) is 24.9 Å². The average molecular weight is 369 g/mol. The number of amides is 1. The summed E-state index contributed by atoms with van der Waals surface area (Å²) in [4.78, 5) is 14.6. The van der Waals surface area contributed by atoms with Crippen LogP contribution >= 0.6 is 0 Å². The minimum Gasteiger partial charge on any atom is -0.425 e. The minimum absolute atomic E-state index is 0.0980. The molecule has 0 spiro atoms. The van der Waals surface area contributed by atoms with Crippen LogP contribution in [-0.2, 0) is 7.05 Å². The molecule has 0 bridgehead atoms. The van der Waals surface area contributed by atoms with Gasteiger partial charge >= 0.3 is 0 Å². The number of rotatable bonds is 3. The maximum atomic E-state index is 13.1. The number of piperidine rings is 1. The Kier molecular flexibility index (Phi) is 4.47. The summed E-state index contributed by atoms with van der Waals surface area (Å²) in [7, 11) is 1.78. The van der Waals surface area contributed by atoms with Gasteiger partial charge in [-0.05, 0) is 48.7 Å². The molecule has 140 valence electrons. The van der Waals surface area contributed by atoms with Crippen LogP contribution in [0.2, 0.25) is 0 Å². The predicted octanol–water partition coefficient (Wildman–Crippen LogP) is 2.94. The van der Waals surface area contributed by atoms with Gasteiger partial charge in [0.15, 0.2) is 5.69 Å². The summed E-state index contributed by atoms with van der Waals surface area (Å²) < 4.78 is 20.3. The van der Waals surface area contributed by atoms with Crippen LogP contribution in [0, 0.1) is 12.7 Å². The van der Waals surface area contributed by atoms with E-state index in [1.165, 1.54) is 12.1 Å². The number of likely N-dealkylation sites (tertiary alicyclic amines) is 1. The topological polar surface area (TPSA) is 77.1 Å². The molecule has 1 aliphatic heterocycles. The van der Waals surface area contributed by atoms with Crippen LogP contribution in [0.5, 0.6) is 0 Å². The van der Waals surface area contributed by atoms with Gasteiger partial charge in [-0.1, -0.05) is 0 Å². The van der Waals surface area contributed by atoms with Crippen LogP contribution in [0.1, 0.15) is 41.0 Å². The van der Waals surface area contributed by atoms with Crippen LogP contribution in [0.25, 0.3) is 11.3 Å². The quantitative estimate of drug-likeness (QED) is 0.709. The summed E-state index contributed by atoms with van der Waals surface area (Å²) in [5.74, 6) is 1.01. The second-order valence-corrected chi connectivity index (χ2v) is 6.77. The van der Waals surface area contributed by atoms with E-state index in [2.05, 4.69) is 15.3 Å². The summed E-state index contributed by atoms with van der Waals surface area (Å²) in [5, 5.41) is 12.3. The van der Waals surface area contributed by atoms with Gasteiger partial charge in [0.25, 0.3) is 5.91 Å². The molecule has 27 heavy (non-hydrogen) atoms. The molecule has 1 saturated heterocycles. The molecule has 0 aliphatic carbocycles. The summed E-state index contributed by atoms with van der Waals surface area (Å²) >= 11 is 0. The monoisotopic (exact) mass is 369 g/mol. The maximum Gasteiger partial charge on any atom is 0.274 e. The molecule has 1 amide bonds. The molecule has 1 aromatic carbocycles. The van der Waals surface area contributed by atoms with Crippen molar-refractivity contribution in [1.29, 1.82) is 0 Å². The van der Waals surface area contributed by atoms with E-state index in [4.69, 9.17) is 4.42 Å². The predicted molar refractivity (Wildman–Crippen MR) is 95.5 cm³/mol. The number of hydrogen-bond acceptors (Lipinski definition) is 5. The Balaban J connectivity index is 1.46. The average Bonchev–Trinajstić information content (AvgIpc) is 3.28. The highest BCUT2D eigenvalue weighted by Crippen LogP contribution is 2.28. The maximum absolute atomic E-state index is 13.1. The molecule has 2 aromatic heterocycles. The smallest absolute Gasteiger partial charge is 0.274 e. The van der Waals surface area contributed by atoms with Crippen molar-refractivity contribution in [3.63, 3.8) is 0 Å². The van der Waals surface area contributed by atoms with Crippen molar-refractivity contribution >= 4 is 5.91 Å². The highest BCUT2D eigenvalue weighted by molar-refractivity contribution is 5.93. The fourth-order valence-electron chi connectivity index (χ4n) is 3.43. The highest BCUT2D eigenvalue weighted by Gasteiger charge is 2.29. The van der Waals surface area contributed by atoms with E-state index in [1.54, 1.807) is 41.8 Å². The molecule has 4 rings (SSSR count). The Morgan fingerprint density at radius 3 is 2.52 bits per heavy atom. The van der Waals surface area contributed by atoms with Crippen molar-refractivity contribution in [3.8, 4) is 11.3 Å². The second kappa shape index (κ2) is 6.94. The first kappa shape index (κ1) is 17.4. The van der Waals surface area contributed by atoms with Crippen molar-refractivity contribution in [2.45, 2.75) is 25.7 Å². The van der Waals surface area contributed by atoms with E-state index in [1.807, 2.05) is 0 Å². The van der Waals surface area contributed by atoms with E-state index in [-0.39, 0.29) is 17.6 Å². The summed E-state index contributed by atoms with van der Waals surface area (Å²) in [6, 6.07) is 7.90. The van der Waals surface area contributed by atoms with Gasteiger partial charge in [0.1, 0.15) is 5.82 Å². The van der Waals surface area contributed by atoms with Gasteiger partial charge in [-0.15, -0.1) is 10.2 Å². The van der Waals surface area contributed by atoms with Gasteiger partial charge in [0.05, 0.1) is 5.69 Å². The highest BCUT2D eigenvalue weighted by atomic mass is 19.1. The molecule has 3 heterocycles. The lowest BCUT2D eigenvalue weighted by Gasteiger charge is -2.29. The molecule has 1 fully saturated rings.